The summed E-state index contributed by atoms with van der Waals surface area (Å²) in [7, 11) is 0. The zero-order chi connectivity index (χ0) is 25.5. The first kappa shape index (κ1) is 26.4. The molecule has 9 nitrogen and oxygen atoms in total. The van der Waals surface area contributed by atoms with E-state index in [0.29, 0.717) is 0 Å². The van der Waals surface area contributed by atoms with Gasteiger partial charge in [-0.15, -0.1) is 0 Å². The van der Waals surface area contributed by atoms with E-state index in [-0.39, 0.29) is 41.7 Å². The van der Waals surface area contributed by atoms with Crippen LogP contribution in [0.3, 0.4) is 0 Å². The van der Waals surface area contributed by atoms with Gasteiger partial charge < -0.3 is 25.5 Å². The van der Waals surface area contributed by atoms with Crippen molar-refractivity contribution in [1.82, 2.24) is 15.3 Å². The summed E-state index contributed by atoms with van der Waals surface area (Å²) in [6, 6.07) is 3.33. The molecule has 0 spiro atoms. The van der Waals surface area contributed by atoms with E-state index >= 15 is 0 Å². The highest BCUT2D eigenvalue weighted by atomic mass is 19.1. The second-order valence-corrected chi connectivity index (χ2v) is 8.01. The van der Waals surface area contributed by atoms with E-state index in [1.807, 2.05) is 0 Å². The number of nitrogens with zero attached hydrogens (tertiary/aromatic N) is 2. The number of aryl methyl sites for hydroxylation is 1. The van der Waals surface area contributed by atoms with Crippen molar-refractivity contribution in [2.75, 3.05) is 18.5 Å². The lowest BCUT2D eigenvalue weighted by atomic mass is 10.1. The highest BCUT2D eigenvalue weighted by molar-refractivity contribution is 5.97. The summed E-state index contributed by atoms with van der Waals surface area (Å²) in [5, 5.41) is 13.1. The van der Waals surface area contributed by atoms with E-state index in [1.54, 1.807) is 27.7 Å². The molecule has 2 aromatic rings. The third-order valence-electron chi connectivity index (χ3n) is 4.10. The van der Waals surface area contributed by atoms with Gasteiger partial charge in [-0.1, -0.05) is 6.07 Å². The molecule has 182 valence electrons. The monoisotopic (exact) mass is 475 g/mol. The Balaban J connectivity index is 2.43. The lowest BCUT2D eigenvalue weighted by Crippen LogP contribution is -2.30. The SMILES string of the molecule is CCOC(=O)c1c(C)nc(-c2c(F)cccc2F)nc1N/C(C=N)=C/NCC(=O)OC(C)(C)C. The number of aromatic nitrogens is 2. The molecule has 11 heteroatoms. The Morgan fingerprint density at radius 2 is 1.82 bits per heavy atom. The number of esters is 2. The van der Waals surface area contributed by atoms with Gasteiger partial charge in [0.1, 0.15) is 35.2 Å². The van der Waals surface area contributed by atoms with Crippen LogP contribution in [0.15, 0.2) is 30.1 Å². The summed E-state index contributed by atoms with van der Waals surface area (Å²) in [6.45, 7) is 8.17. The predicted molar refractivity (Wildman–Crippen MR) is 122 cm³/mol. The lowest BCUT2D eigenvalue weighted by molar-refractivity contribution is -0.153. The Kier molecular flexibility index (Phi) is 8.76. The van der Waals surface area contributed by atoms with Crippen LogP contribution in [-0.2, 0) is 14.3 Å². The predicted octanol–water partition coefficient (Wildman–Crippen LogP) is 3.74. The normalized spacial score (nSPS) is 11.6. The first-order valence-electron chi connectivity index (χ1n) is 10.4. The minimum atomic E-state index is -0.879. The van der Waals surface area contributed by atoms with Gasteiger partial charge in [-0.05, 0) is 46.8 Å². The smallest absolute Gasteiger partial charge is 0.343 e. The summed E-state index contributed by atoms with van der Waals surface area (Å²) in [4.78, 5) is 32.6. The number of rotatable bonds is 9. The van der Waals surface area contributed by atoms with Crippen LogP contribution in [-0.4, -0.2) is 46.9 Å². The van der Waals surface area contributed by atoms with E-state index in [2.05, 4.69) is 20.6 Å². The third kappa shape index (κ3) is 7.06. The summed E-state index contributed by atoms with van der Waals surface area (Å²) < 4.78 is 38.9. The molecule has 0 aliphatic rings. The van der Waals surface area contributed by atoms with Gasteiger partial charge in [0.15, 0.2) is 5.82 Å². The van der Waals surface area contributed by atoms with Crippen LogP contribution >= 0.6 is 0 Å². The Hall–Kier alpha value is -3.89. The highest BCUT2D eigenvalue weighted by Crippen LogP contribution is 2.27. The first-order chi connectivity index (χ1) is 16.0. The number of halogens is 2. The summed E-state index contributed by atoms with van der Waals surface area (Å²) in [5.41, 5.74) is -0.988. The van der Waals surface area contributed by atoms with Crippen LogP contribution in [0.5, 0.6) is 0 Å². The molecule has 0 radical (unpaired) electrons. The molecule has 0 amide bonds. The maximum absolute atomic E-state index is 14.3. The molecule has 1 heterocycles. The molecule has 0 saturated heterocycles. The molecule has 0 bridgehead atoms. The number of carbonyl (C=O) groups is 2. The standard InChI is InChI=1S/C23H27F2N5O4/c1-6-33-22(32)18-13(2)28-21(19-15(24)8-7-9-16(19)25)30-20(18)29-14(10-26)11-27-12-17(31)34-23(3,4)5/h7-11,26-27H,6,12H2,1-5H3,(H,28,29,30)/b14-11+,26-10?. The Labute approximate surface area is 196 Å². The van der Waals surface area contributed by atoms with Gasteiger partial charge in [0.25, 0.3) is 0 Å². The van der Waals surface area contributed by atoms with Crippen LogP contribution in [0.1, 0.15) is 43.7 Å². The number of ether oxygens (including phenoxy) is 2. The van der Waals surface area contributed by atoms with E-state index in [9.17, 15) is 18.4 Å². The Bertz CT molecular complexity index is 1090. The number of hydrogen-bond acceptors (Lipinski definition) is 9. The van der Waals surface area contributed by atoms with Gasteiger partial charge in [-0.3, -0.25) is 4.79 Å². The fraction of sp³-hybridized carbons (Fsp3) is 0.348. The van der Waals surface area contributed by atoms with Crippen molar-refractivity contribution >= 4 is 24.0 Å². The highest BCUT2D eigenvalue weighted by Gasteiger charge is 2.23. The number of allylic oxidation sites excluding steroid dienone is 1. The molecule has 0 atom stereocenters. The topological polar surface area (TPSA) is 126 Å². The molecular formula is C23H27F2N5O4. The maximum Gasteiger partial charge on any atom is 0.343 e. The molecule has 0 aliphatic carbocycles. The molecule has 0 saturated carbocycles. The van der Waals surface area contributed by atoms with E-state index < -0.39 is 34.7 Å². The average Bonchev–Trinajstić information content (AvgIpc) is 2.71. The van der Waals surface area contributed by atoms with Crippen LogP contribution in [0.4, 0.5) is 14.6 Å². The number of benzene rings is 1. The zero-order valence-corrected chi connectivity index (χ0v) is 19.6. The Morgan fingerprint density at radius 1 is 1.18 bits per heavy atom. The molecule has 2 rings (SSSR count). The molecule has 0 aliphatic heterocycles. The Morgan fingerprint density at radius 3 is 2.38 bits per heavy atom. The average molecular weight is 475 g/mol. The van der Waals surface area contributed by atoms with Crippen LogP contribution in [0, 0.1) is 24.0 Å². The van der Waals surface area contributed by atoms with Crippen molar-refractivity contribution < 1.29 is 27.8 Å². The van der Waals surface area contributed by atoms with Crippen molar-refractivity contribution in [3.05, 3.63) is 53.0 Å². The molecule has 0 fully saturated rings. The number of carbonyl (C=O) groups excluding carboxylic acids is 2. The molecule has 3 N–H and O–H groups in total. The second-order valence-electron chi connectivity index (χ2n) is 8.01. The van der Waals surface area contributed by atoms with E-state index in [0.717, 1.165) is 18.3 Å². The summed E-state index contributed by atoms with van der Waals surface area (Å²) >= 11 is 0. The van der Waals surface area contributed by atoms with Crippen molar-refractivity contribution in [3.8, 4) is 11.4 Å². The van der Waals surface area contributed by atoms with Gasteiger partial charge in [0.05, 0.1) is 23.6 Å². The molecule has 0 unspecified atom stereocenters. The van der Waals surface area contributed by atoms with E-state index in [1.165, 1.54) is 19.2 Å². The molecule has 1 aromatic carbocycles. The zero-order valence-electron chi connectivity index (χ0n) is 19.6. The number of anilines is 1. The lowest BCUT2D eigenvalue weighted by Gasteiger charge is -2.19. The fourth-order valence-corrected chi connectivity index (χ4v) is 2.81. The number of hydrogen-bond donors (Lipinski definition) is 3. The molecule has 34 heavy (non-hydrogen) atoms. The van der Waals surface area contributed by atoms with Crippen LogP contribution < -0.4 is 10.6 Å². The van der Waals surface area contributed by atoms with Crippen molar-refractivity contribution in [2.45, 2.75) is 40.2 Å². The third-order valence-corrected chi connectivity index (χ3v) is 4.10. The first-order valence-corrected chi connectivity index (χ1v) is 10.4. The largest absolute Gasteiger partial charge is 0.462 e. The van der Waals surface area contributed by atoms with Gasteiger partial charge >= 0.3 is 11.9 Å². The molecule has 1 aromatic heterocycles. The van der Waals surface area contributed by atoms with Gasteiger partial charge in [-0.25, -0.2) is 23.5 Å². The quantitative estimate of drug-likeness (QED) is 0.370. The minimum Gasteiger partial charge on any atom is -0.462 e. The van der Waals surface area contributed by atoms with Crippen molar-refractivity contribution in [1.29, 1.82) is 5.41 Å². The van der Waals surface area contributed by atoms with Gasteiger partial charge in [-0.2, -0.15) is 0 Å². The van der Waals surface area contributed by atoms with E-state index in [4.69, 9.17) is 14.9 Å². The van der Waals surface area contributed by atoms with Crippen molar-refractivity contribution in [2.24, 2.45) is 0 Å². The molecular weight excluding hydrogens is 448 g/mol. The fourth-order valence-electron chi connectivity index (χ4n) is 2.81. The second kappa shape index (κ2) is 11.3. The maximum atomic E-state index is 14.3. The summed E-state index contributed by atoms with van der Waals surface area (Å²) in [5.74, 6) is -3.45. The van der Waals surface area contributed by atoms with Crippen LogP contribution in [0.2, 0.25) is 0 Å². The number of nitrogens with one attached hydrogen (secondary N) is 3. The van der Waals surface area contributed by atoms with Crippen LogP contribution in [0.25, 0.3) is 11.4 Å². The summed E-state index contributed by atoms with van der Waals surface area (Å²) in [6.07, 6.45) is 2.20. The van der Waals surface area contributed by atoms with Gasteiger partial charge in [0, 0.05) is 12.4 Å². The minimum absolute atomic E-state index is 0.0674. The van der Waals surface area contributed by atoms with Crippen molar-refractivity contribution in [3.63, 3.8) is 0 Å². The van der Waals surface area contributed by atoms with Gasteiger partial charge in [0.2, 0.25) is 0 Å².